The van der Waals surface area contributed by atoms with Crippen molar-refractivity contribution in [3.05, 3.63) is 78.2 Å². The van der Waals surface area contributed by atoms with Crippen LogP contribution in [0.15, 0.2) is 65.4 Å². The van der Waals surface area contributed by atoms with Gasteiger partial charge >= 0.3 is 0 Å². The number of rotatable bonds is 5. The second-order valence-electron chi connectivity index (χ2n) is 5.47. The molecule has 0 N–H and O–H groups in total. The van der Waals surface area contributed by atoms with Crippen LogP contribution in [0.1, 0.15) is 17.3 Å². The van der Waals surface area contributed by atoms with Gasteiger partial charge in [0.25, 0.3) is 5.89 Å². The summed E-state index contributed by atoms with van der Waals surface area (Å²) >= 11 is 0. The molecule has 0 aliphatic carbocycles. The van der Waals surface area contributed by atoms with Crippen LogP contribution >= 0.6 is 0 Å². The summed E-state index contributed by atoms with van der Waals surface area (Å²) in [7, 11) is 0. The Morgan fingerprint density at radius 1 is 0.958 bits per heavy atom. The molecule has 0 saturated carbocycles. The van der Waals surface area contributed by atoms with Gasteiger partial charge in [-0.2, -0.15) is 4.98 Å². The molecule has 0 saturated heterocycles. The van der Waals surface area contributed by atoms with Crippen LogP contribution in [0, 0.1) is 0 Å². The predicted molar refractivity (Wildman–Crippen MR) is 93.1 cm³/mol. The minimum Gasteiger partial charge on any atom is -0.335 e. The Bertz CT molecular complexity index is 969. The van der Waals surface area contributed by atoms with E-state index in [0.717, 1.165) is 23.1 Å². The molecule has 5 nitrogen and oxygen atoms in total. The molecular formula is C19H16N4O. The molecule has 4 rings (SSSR count). The second-order valence-corrected chi connectivity index (χ2v) is 5.47. The van der Waals surface area contributed by atoms with E-state index in [1.807, 2.05) is 67.0 Å². The Balaban J connectivity index is 1.43. The summed E-state index contributed by atoms with van der Waals surface area (Å²) in [5.74, 6) is 1.21. The summed E-state index contributed by atoms with van der Waals surface area (Å²) in [6.45, 7) is 0.766. The van der Waals surface area contributed by atoms with Gasteiger partial charge < -0.3 is 9.09 Å². The number of aromatic nitrogens is 4. The summed E-state index contributed by atoms with van der Waals surface area (Å²) in [4.78, 5) is 8.79. The van der Waals surface area contributed by atoms with Crippen LogP contribution in [0.3, 0.4) is 0 Å². The average Bonchev–Trinajstić information content (AvgIpc) is 3.26. The molecule has 0 spiro atoms. The number of hydrogen-bond acceptors (Lipinski definition) is 4. The lowest BCUT2D eigenvalue weighted by Gasteiger charge is -2.00. The van der Waals surface area contributed by atoms with E-state index in [1.54, 1.807) is 0 Å². The number of aryl methyl sites for hydroxylation is 2. The number of nitrogens with zero attached hydrogens (tertiary/aromatic N) is 4. The maximum atomic E-state index is 5.27. The molecule has 4 aromatic rings. The van der Waals surface area contributed by atoms with Crippen molar-refractivity contribution in [1.82, 2.24) is 19.7 Å². The van der Waals surface area contributed by atoms with Crippen molar-refractivity contribution in [2.24, 2.45) is 0 Å². The Labute approximate surface area is 139 Å². The molecule has 0 aliphatic rings. The standard InChI is InChI=1S/C19H16N4O/c1-2-6-15(7-3-1)10-11-19-21-18(22-24-19)12-13-23-14-20-16-8-4-5-9-17(16)23/h1-11,14H,12-13H2/b11-10-. The van der Waals surface area contributed by atoms with Gasteiger partial charge in [-0.15, -0.1) is 0 Å². The highest BCUT2D eigenvalue weighted by Gasteiger charge is 2.06. The van der Waals surface area contributed by atoms with Gasteiger partial charge in [-0.25, -0.2) is 4.98 Å². The fourth-order valence-electron chi connectivity index (χ4n) is 2.58. The van der Waals surface area contributed by atoms with E-state index in [9.17, 15) is 0 Å². The zero-order chi connectivity index (χ0) is 16.2. The highest BCUT2D eigenvalue weighted by Crippen LogP contribution is 2.13. The van der Waals surface area contributed by atoms with Gasteiger partial charge in [-0.05, 0) is 23.8 Å². The molecule has 5 heteroatoms. The summed E-state index contributed by atoms with van der Waals surface area (Å²) in [5.41, 5.74) is 3.21. The van der Waals surface area contributed by atoms with E-state index in [0.29, 0.717) is 18.1 Å². The molecular weight excluding hydrogens is 300 g/mol. The lowest BCUT2D eigenvalue weighted by atomic mass is 10.2. The van der Waals surface area contributed by atoms with Crippen LogP contribution in [0.4, 0.5) is 0 Å². The van der Waals surface area contributed by atoms with Crippen LogP contribution < -0.4 is 0 Å². The maximum absolute atomic E-state index is 5.27. The normalized spacial score (nSPS) is 11.5. The minimum atomic E-state index is 0.518. The van der Waals surface area contributed by atoms with Crippen molar-refractivity contribution in [2.75, 3.05) is 0 Å². The van der Waals surface area contributed by atoms with E-state index in [1.165, 1.54) is 0 Å². The molecule has 0 amide bonds. The molecule has 0 bridgehead atoms. The summed E-state index contributed by atoms with van der Waals surface area (Å²) in [6, 6.07) is 18.1. The molecule has 0 fully saturated rings. The Morgan fingerprint density at radius 2 is 1.79 bits per heavy atom. The van der Waals surface area contributed by atoms with Crippen molar-refractivity contribution in [3.8, 4) is 0 Å². The first kappa shape index (κ1) is 14.4. The van der Waals surface area contributed by atoms with Gasteiger partial charge in [-0.3, -0.25) is 0 Å². The molecule has 2 heterocycles. The van der Waals surface area contributed by atoms with Crippen LogP contribution in [0.5, 0.6) is 0 Å². The summed E-state index contributed by atoms with van der Waals surface area (Å²) in [6.07, 6.45) is 6.34. The number of hydrogen-bond donors (Lipinski definition) is 0. The van der Waals surface area contributed by atoms with E-state index in [2.05, 4.69) is 25.8 Å². The van der Waals surface area contributed by atoms with Crippen molar-refractivity contribution in [1.29, 1.82) is 0 Å². The molecule has 2 aromatic carbocycles. The Hall–Kier alpha value is -3.21. The zero-order valence-electron chi connectivity index (χ0n) is 13.0. The van der Waals surface area contributed by atoms with Crippen LogP contribution in [0.25, 0.3) is 23.2 Å². The Kier molecular flexibility index (Phi) is 3.90. The van der Waals surface area contributed by atoms with Gasteiger partial charge in [-0.1, -0.05) is 47.6 Å². The van der Waals surface area contributed by atoms with Gasteiger partial charge in [0.15, 0.2) is 5.82 Å². The zero-order valence-corrected chi connectivity index (χ0v) is 13.0. The SMILES string of the molecule is C(=C/c1nc(CCn2cnc3ccccc32)no1)/c1ccccc1. The number of para-hydroxylation sites is 2. The summed E-state index contributed by atoms with van der Waals surface area (Å²) < 4.78 is 7.37. The topological polar surface area (TPSA) is 56.7 Å². The fraction of sp³-hybridized carbons (Fsp3) is 0.105. The first-order chi connectivity index (χ1) is 11.9. The lowest BCUT2D eigenvalue weighted by molar-refractivity contribution is 0.401. The monoisotopic (exact) mass is 316 g/mol. The van der Waals surface area contributed by atoms with Crippen LogP contribution in [-0.2, 0) is 13.0 Å². The molecule has 0 unspecified atom stereocenters. The van der Waals surface area contributed by atoms with Crippen LogP contribution in [-0.4, -0.2) is 19.7 Å². The summed E-state index contributed by atoms with van der Waals surface area (Å²) in [5, 5.41) is 4.04. The minimum absolute atomic E-state index is 0.518. The van der Waals surface area contributed by atoms with Crippen molar-refractivity contribution in [2.45, 2.75) is 13.0 Å². The van der Waals surface area contributed by atoms with Crippen molar-refractivity contribution in [3.63, 3.8) is 0 Å². The fourth-order valence-corrected chi connectivity index (χ4v) is 2.58. The average molecular weight is 316 g/mol. The van der Waals surface area contributed by atoms with Gasteiger partial charge in [0.2, 0.25) is 0 Å². The first-order valence-corrected chi connectivity index (χ1v) is 7.84. The highest BCUT2D eigenvalue weighted by atomic mass is 16.5. The lowest BCUT2D eigenvalue weighted by Crippen LogP contribution is -2.01. The quantitative estimate of drug-likeness (QED) is 0.561. The van der Waals surface area contributed by atoms with E-state index in [-0.39, 0.29) is 0 Å². The van der Waals surface area contributed by atoms with E-state index < -0.39 is 0 Å². The third-order valence-corrected chi connectivity index (χ3v) is 3.81. The van der Waals surface area contributed by atoms with E-state index >= 15 is 0 Å². The van der Waals surface area contributed by atoms with Gasteiger partial charge in [0, 0.05) is 19.0 Å². The van der Waals surface area contributed by atoms with Gasteiger partial charge in [0.05, 0.1) is 17.4 Å². The van der Waals surface area contributed by atoms with Crippen molar-refractivity contribution >= 4 is 23.2 Å². The number of fused-ring (bicyclic) bond motifs is 1. The van der Waals surface area contributed by atoms with Gasteiger partial charge in [0.1, 0.15) is 0 Å². The largest absolute Gasteiger partial charge is 0.335 e. The maximum Gasteiger partial charge on any atom is 0.250 e. The third-order valence-electron chi connectivity index (χ3n) is 3.81. The number of imidazole rings is 1. The smallest absolute Gasteiger partial charge is 0.250 e. The second kappa shape index (κ2) is 6.50. The number of benzene rings is 2. The molecule has 24 heavy (non-hydrogen) atoms. The first-order valence-electron chi connectivity index (χ1n) is 7.84. The molecule has 2 aromatic heterocycles. The van der Waals surface area contributed by atoms with Crippen LogP contribution in [0.2, 0.25) is 0 Å². The Morgan fingerprint density at radius 3 is 2.71 bits per heavy atom. The van der Waals surface area contributed by atoms with E-state index in [4.69, 9.17) is 4.52 Å². The highest BCUT2D eigenvalue weighted by molar-refractivity contribution is 5.74. The van der Waals surface area contributed by atoms with Crippen molar-refractivity contribution < 1.29 is 4.52 Å². The third kappa shape index (κ3) is 3.10. The molecule has 0 radical (unpaired) electrons. The molecule has 118 valence electrons. The molecule has 0 atom stereocenters. The molecule has 0 aliphatic heterocycles. The predicted octanol–water partition coefficient (Wildman–Crippen LogP) is 3.83.